The van der Waals surface area contributed by atoms with E-state index < -0.39 is 0 Å². The van der Waals surface area contributed by atoms with Crippen molar-refractivity contribution >= 4 is 11.2 Å². The number of imidazole rings is 1. The van der Waals surface area contributed by atoms with E-state index in [1.807, 2.05) is 22.8 Å². The van der Waals surface area contributed by atoms with E-state index in [1.54, 1.807) is 21.3 Å². The number of benzene rings is 1. The summed E-state index contributed by atoms with van der Waals surface area (Å²) in [6.45, 7) is 2.91. The summed E-state index contributed by atoms with van der Waals surface area (Å²) in [5.41, 5.74) is 1.38. The molecular formula is C20H25N5O4. The number of methoxy groups -OCH3 is 2. The molecule has 0 saturated heterocycles. The van der Waals surface area contributed by atoms with Gasteiger partial charge in [-0.2, -0.15) is 0 Å². The first-order valence-corrected chi connectivity index (χ1v) is 9.53. The molecule has 9 heteroatoms. The fourth-order valence-corrected chi connectivity index (χ4v) is 3.99. The van der Waals surface area contributed by atoms with Gasteiger partial charge in [0.1, 0.15) is 5.82 Å². The van der Waals surface area contributed by atoms with E-state index in [0.29, 0.717) is 24.3 Å². The second-order valence-corrected chi connectivity index (χ2v) is 7.24. The number of hydrogen-bond donors (Lipinski definition) is 0. The molecule has 0 spiro atoms. The van der Waals surface area contributed by atoms with Gasteiger partial charge in [-0.3, -0.25) is 18.8 Å². The van der Waals surface area contributed by atoms with Gasteiger partial charge < -0.3 is 14.0 Å². The Morgan fingerprint density at radius 3 is 2.59 bits per heavy atom. The molecule has 9 nitrogen and oxygen atoms in total. The van der Waals surface area contributed by atoms with Crippen molar-refractivity contribution in [3.8, 4) is 11.5 Å². The molecule has 2 aromatic heterocycles. The zero-order valence-corrected chi connectivity index (χ0v) is 17.1. The number of fused-ring (bicyclic) bond motifs is 3. The highest BCUT2D eigenvalue weighted by atomic mass is 16.5. The van der Waals surface area contributed by atoms with Crippen LogP contribution in [-0.2, 0) is 33.6 Å². The number of aryl methyl sites for hydroxylation is 1. The summed E-state index contributed by atoms with van der Waals surface area (Å²) in [6, 6.07) is 5.89. The Morgan fingerprint density at radius 1 is 1.07 bits per heavy atom. The average molecular weight is 399 g/mol. The van der Waals surface area contributed by atoms with Crippen LogP contribution in [0, 0.1) is 0 Å². The first-order chi connectivity index (χ1) is 14.0. The summed E-state index contributed by atoms with van der Waals surface area (Å²) in [7, 11) is 6.43. The Balaban J connectivity index is 1.59. The van der Waals surface area contributed by atoms with Crippen LogP contribution in [0.4, 0.5) is 0 Å². The average Bonchev–Trinajstić information content (AvgIpc) is 3.13. The number of rotatable bonds is 5. The van der Waals surface area contributed by atoms with Crippen molar-refractivity contribution in [3.63, 3.8) is 0 Å². The normalized spacial score (nSPS) is 14.2. The molecule has 0 N–H and O–H groups in total. The predicted octanol–water partition coefficient (Wildman–Crippen LogP) is 0.509. The number of nitrogens with zero attached hydrogens (tertiary/aromatic N) is 5. The number of ether oxygens (including phenoxy) is 2. The van der Waals surface area contributed by atoms with Gasteiger partial charge in [0.2, 0.25) is 0 Å². The maximum absolute atomic E-state index is 12.6. The minimum atomic E-state index is -0.361. The third kappa shape index (κ3) is 3.11. The zero-order valence-electron chi connectivity index (χ0n) is 17.1. The summed E-state index contributed by atoms with van der Waals surface area (Å²) in [5, 5.41) is 0. The molecule has 3 heterocycles. The Morgan fingerprint density at radius 2 is 1.86 bits per heavy atom. The fraction of sp³-hybridized carbons (Fsp3) is 0.450. The Bertz CT molecular complexity index is 1190. The quantitative estimate of drug-likeness (QED) is 0.622. The van der Waals surface area contributed by atoms with Crippen LogP contribution in [0.3, 0.4) is 0 Å². The fourth-order valence-electron chi connectivity index (χ4n) is 3.99. The molecule has 0 atom stereocenters. The first kappa shape index (κ1) is 19.3. The van der Waals surface area contributed by atoms with Crippen molar-refractivity contribution in [1.29, 1.82) is 0 Å². The minimum absolute atomic E-state index is 0.295. The third-order valence-corrected chi connectivity index (χ3v) is 5.61. The molecule has 4 rings (SSSR count). The van der Waals surface area contributed by atoms with E-state index in [9.17, 15) is 9.59 Å². The highest BCUT2D eigenvalue weighted by Crippen LogP contribution is 2.31. The van der Waals surface area contributed by atoms with Gasteiger partial charge in [0.25, 0.3) is 5.56 Å². The van der Waals surface area contributed by atoms with E-state index in [1.165, 1.54) is 11.6 Å². The molecule has 1 aliphatic heterocycles. The summed E-state index contributed by atoms with van der Waals surface area (Å²) in [5.74, 6) is 2.29. The maximum atomic E-state index is 12.6. The van der Waals surface area contributed by atoms with Crippen molar-refractivity contribution in [2.45, 2.75) is 19.5 Å². The van der Waals surface area contributed by atoms with E-state index in [0.717, 1.165) is 47.0 Å². The van der Waals surface area contributed by atoms with Gasteiger partial charge in [0.05, 0.1) is 20.8 Å². The summed E-state index contributed by atoms with van der Waals surface area (Å²) < 4.78 is 15.4. The van der Waals surface area contributed by atoms with Crippen LogP contribution >= 0.6 is 0 Å². The van der Waals surface area contributed by atoms with E-state index in [2.05, 4.69) is 9.88 Å². The van der Waals surface area contributed by atoms with Gasteiger partial charge in [-0.1, -0.05) is 12.1 Å². The molecule has 0 bridgehead atoms. The number of hydrogen-bond acceptors (Lipinski definition) is 6. The summed E-state index contributed by atoms with van der Waals surface area (Å²) in [6.07, 6.45) is 0.806. The van der Waals surface area contributed by atoms with Gasteiger partial charge >= 0.3 is 5.69 Å². The Kier molecular flexibility index (Phi) is 4.91. The molecule has 0 aliphatic carbocycles. The van der Waals surface area contributed by atoms with Crippen molar-refractivity contribution in [3.05, 3.63) is 50.4 Å². The summed E-state index contributed by atoms with van der Waals surface area (Å²) >= 11 is 0. The summed E-state index contributed by atoms with van der Waals surface area (Å²) in [4.78, 5) is 31.7. The molecule has 0 unspecified atom stereocenters. The zero-order chi connectivity index (χ0) is 20.7. The highest BCUT2D eigenvalue weighted by Gasteiger charge is 2.24. The van der Waals surface area contributed by atoms with Crippen molar-refractivity contribution in [2.75, 3.05) is 27.3 Å². The van der Waals surface area contributed by atoms with Gasteiger partial charge in [-0.15, -0.1) is 0 Å². The van der Waals surface area contributed by atoms with E-state index >= 15 is 0 Å². The molecule has 0 amide bonds. The molecule has 1 aromatic carbocycles. The van der Waals surface area contributed by atoms with Crippen LogP contribution in [0.1, 0.15) is 11.4 Å². The lowest BCUT2D eigenvalue weighted by Crippen LogP contribution is -2.39. The number of para-hydroxylation sites is 1. The second kappa shape index (κ2) is 7.40. The molecule has 1 aliphatic rings. The molecule has 0 fully saturated rings. The third-order valence-electron chi connectivity index (χ3n) is 5.61. The lowest BCUT2D eigenvalue weighted by molar-refractivity contribution is 0.220. The molecule has 154 valence electrons. The lowest BCUT2D eigenvalue weighted by atomic mass is 10.1. The molecule has 3 aromatic rings. The smallest absolute Gasteiger partial charge is 0.332 e. The predicted molar refractivity (Wildman–Crippen MR) is 109 cm³/mol. The van der Waals surface area contributed by atoms with Crippen molar-refractivity contribution < 1.29 is 9.47 Å². The van der Waals surface area contributed by atoms with Gasteiger partial charge in [-0.25, -0.2) is 9.78 Å². The van der Waals surface area contributed by atoms with Crippen LogP contribution in [0.2, 0.25) is 0 Å². The number of aromatic nitrogens is 4. The molecule has 29 heavy (non-hydrogen) atoms. The van der Waals surface area contributed by atoms with Crippen molar-refractivity contribution in [1.82, 2.24) is 23.6 Å². The van der Waals surface area contributed by atoms with Gasteiger partial charge in [0.15, 0.2) is 22.7 Å². The van der Waals surface area contributed by atoms with Crippen LogP contribution in [0.15, 0.2) is 27.8 Å². The lowest BCUT2D eigenvalue weighted by Gasteiger charge is -2.27. The van der Waals surface area contributed by atoms with E-state index in [-0.39, 0.29) is 11.2 Å². The van der Waals surface area contributed by atoms with E-state index in [4.69, 9.17) is 9.47 Å². The van der Waals surface area contributed by atoms with Crippen LogP contribution < -0.4 is 20.7 Å². The largest absolute Gasteiger partial charge is 0.493 e. The van der Waals surface area contributed by atoms with Gasteiger partial charge in [-0.05, 0) is 18.1 Å². The van der Waals surface area contributed by atoms with Crippen LogP contribution in [0.5, 0.6) is 11.5 Å². The minimum Gasteiger partial charge on any atom is -0.493 e. The van der Waals surface area contributed by atoms with Crippen LogP contribution in [-0.4, -0.2) is 50.9 Å². The van der Waals surface area contributed by atoms with Crippen molar-refractivity contribution in [2.24, 2.45) is 14.1 Å². The van der Waals surface area contributed by atoms with Crippen LogP contribution in [0.25, 0.3) is 11.2 Å². The Hall–Kier alpha value is -3.07. The second-order valence-electron chi connectivity index (χ2n) is 7.24. The SMILES string of the molecule is COc1cccc(CCN2CCn3c(nc4c3c(=O)n(C)c(=O)n4C)C2)c1OC. The van der Waals surface area contributed by atoms with Gasteiger partial charge in [0, 0.05) is 33.7 Å². The molecule has 0 radical (unpaired) electrons. The molecular weight excluding hydrogens is 374 g/mol. The molecule has 0 saturated carbocycles. The Labute approximate surface area is 167 Å². The monoisotopic (exact) mass is 399 g/mol. The maximum Gasteiger partial charge on any atom is 0.332 e. The topological polar surface area (TPSA) is 83.5 Å². The standard InChI is InChI=1S/C20H25N5O4/c1-22-18-16(19(26)23(2)20(22)27)25-11-10-24(12-15(25)21-18)9-8-13-6-5-7-14(28-3)17(13)29-4/h5-7H,8-12H2,1-4H3. The first-order valence-electron chi connectivity index (χ1n) is 9.53. The highest BCUT2D eigenvalue weighted by molar-refractivity contribution is 5.71.